The number of piperidine rings is 1. The van der Waals surface area contributed by atoms with Crippen molar-refractivity contribution in [3.63, 3.8) is 0 Å². The molecule has 4 rings (SSSR count). The molecule has 4 heterocycles. The van der Waals surface area contributed by atoms with Gasteiger partial charge in [-0.25, -0.2) is 0 Å². The van der Waals surface area contributed by atoms with E-state index in [4.69, 9.17) is 5.73 Å². The lowest BCUT2D eigenvalue weighted by Gasteiger charge is -2.42. The van der Waals surface area contributed by atoms with Gasteiger partial charge >= 0.3 is 0 Å². The highest BCUT2D eigenvalue weighted by atomic mass is 16.2. The van der Waals surface area contributed by atoms with Crippen LogP contribution in [0.3, 0.4) is 0 Å². The normalized spacial score (nSPS) is 18.8. The van der Waals surface area contributed by atoms with E-state index in [0.717, 1.165) is 37.1 Å². The van der Waals surface area contributed by atoms with E-state index in [1.807, 2.05) is 17.0 Å². The Kier molecular flexibility index (Phi) is 4.36. The molecular weight excluding hydrogens is 314 g/mol. The van der Waals surface area contributed by atoms with Gasteiger partial charge in [0, 0.05) is 42.7 Å². The summed E-state index contributed by atoms with van der Waals surface area (Å²) in [7, 11) is 0. The zero-order chi connectivity index (χ0) is 17.2. The van der Waals surface area contributed by atoms with E-state index in [0.29, 0.717) is 17.4 Å². The number of hydrogen-bond donors (Lipinski definition) is 1. The second-order valence-corrected chi connectivity index (χ2v) is 6.81. The van der Waals surface area contributed by atoms with Crippen molar-refractivity contribution >= 4 is 11.6 Å². The Balaban J connectivity index is 1.42. The highest BCUT2D eigenvalue weighted by molar-refractivity contribution is 5.92. The fraction of sp³-hybridized carbons (Fsp3) is 0.421. The van der Waals surface area contributed by atoms with Crippen molar-refractivity contribution in [1.29, 1.82) is 0 Å². The molecule has 2 aliphatic heterocycles. The molecule has 0 saturated carbocycles. The molecule has 0 aromatic carbocycles. The lowest BCUT2D eigenvalue weighted by molar-refractivity contribution is 0.0485. The van der Waals surface area contributed by atoms with Gasteiger partial charge in [0.1, 0.15) is 5.69 Å². The number of hydrogen-bond acceptors (Lipinski definition) is 5. The molecule has 0 aliphatic carbocycles. The van der Waals surface area contributed by atoms with Crippen LogP contribution in [-0.2, 0) is 0 Å². The minimum Gasteiger partial charge on any atom is -0.397 e. The van der Waals surface area contributed by atoms with Gasteiger partial charge in [0.05, 0.1) is 11.9 Å². The number of nitrogens with two attached hydrogens (primary N) is 1. The van der Waals surface area contributed by atoms with E-state index in [-0.39, 0.29) is 5.91 Å². The average Bonchev–Trinajstić information content (AvgIpc) is 2.61. The largest absolute Gasteiger partial charge is 0.397 e. The maximum absolute atomic E-state index is 12.7. The van der Waals surface area contributed by atoms with Crippen LogP contribution in [0.4, 0.5) is 5.69 Å². The topological polar surface area (TPSA) is 75.3 Å². The molecule has 0 bridgehead atoms. The molecule has 0 radical (unpaired) electrons. The highest BCUT2D eigenvalue weighted by Gasteiger charge is 2.30. The van der Waals surface area contributed by atoms with Gasteiger partial charge in [-0.1, -0.05) is 6.07 Å². The molecule has 25 heavy (non-hydrogen) atoms. The fourth-order valence-electron chi connectivity index (χ4n) is 3.65. The Bertz CT molecular complexity index is 749. The van der Waals surface area contributed by atoms with Gasteiger partial charge in [-0.2, -0.15) is 0 Å². The first-order valence-corrected chi connectivity index (χ1v) is 8.91. The molecule has 2 N–H and O–H groups in total. The molecule has 0 atom stereocenters. The lowest BCUT2D eigenvalue weighted by atomic mass is 9.99. The van der Waals surface area contributed by atoms with Gasteiger partial charge in [-0.05, 0) is 44.5 Å². The summed E-state index contributed by atoms with van der Waals surface area (Å²) in [5.41, 5.74) is 8.84. The number of rotatable bonds is 3. The first-order chi connectivity index (χ1) is 12.2. The standard InChI is InChI=1S/C19H23N5O/c20-17-13-21-7-4-16(17)14-2-3-18(22-12-14)19(25)24-10-5-15(6-11-24)23-8-1-9-23/h2-4,7,12-13,15H,1,5-6,8-11,20H2. The molecule has 1 amide bonds. The minimum absolute atomic E-state index is 0.0244. The van der Waals surface area contributed by atoms with Crippen molar-refractivity contribution in [1.82, 2.24) is 19.8 Å². The van der Waals surface area contributed by atoms with E-state index in [1.54, 1.807) is 24.7 Å². The zero-order valence-corrected chi connectivity index (χ0v) is 14.3. The predicted octanol–water partition coefficient (Wildman–Crippen LogP) is 2.04. The first-order valence-electron chi connectivity index (χ1n) is 8.91. The average molecular weight is 337 g/mol. The Labute approximate surface area is 147 Å². The Hall–Kier alpha value is -2.47. The molecule has 6 heteroatoms. The van der Waals surface area contributed by atoms with Gasteiger partial charge in [0.15, 0.2) is 0 Å². The van der Waals surface area contributed by atoms with Crippen LogP contribution in [-0.4, -0.2) is 57.9 Å². The van der Waals surface area contributed by atoms with Gasteiger partial charge in [-0.15, -0.1) is 0 Å². The molecule has 2 aliphatic rings. The van der Waals surface area contributed by atoms with Gasteiger partial charge in [0.2, 0.25) is 0 Å². The maximum atomic E-state index is 12.7. The van der Waals surface area contributed by atoms with Crippen LogP contribution in [0.15, 0.2) is 36.8 Å². The van der Waals surface area contributed by atoms with Crippen LogP contribution in [0.2, 0.25) is 0 Å². The van der Waals surface area contributed by atoms with Crippen molar-refractivity contribution in [2.75, 3.05) is 31.9 Å². The zero-order valence-electron chi connectivity index (χ0n) is 14.3. The molecular formula is C19H23N5O. The smallest absolute Gasteiger partial charge is 0.272 e. The summed E-state index contributed by atoms with van der Waals surface area (Å²) in [5, 5.41) is 0. The molecule has 0 unspecified atom stereocenters. The number of amides is 1. The Morgan fingerprint density at radius 2 is 1.88 bits per heavy atom. The molecule has 130 valence electrons. The first kappa shape index (κ1) is 16.0. The predicted molar refractivity (Wildman–Crippen MR) is 97.0 cm³/mol. The summed E-state index contributed by atoms with van der Waals surface area (Å²) in [6.07, 6.45) is 8.49. The fourth-order valence-corrected chi connectivity index (χ4v) is 3.65. The Morgan fingerprint density at radius 3 is 2.48 bits per heavy atom. The van der Waals surface area contributed by atoms with Crippen LogP contribution in [0.25, 0.3) is 11.1 Å². The number of carbonyl (C=O) groups is 1. The molecule has 0 spiro atoms. The number of carbonyl (C=O) groups excluding carboxylic acids is 1. The van der Waals surface area contributed by atoms with Crippen molar-refractivity contribution < 1.29 is 4.79 Å². The van der Waals surface area contributed by atoms with Crippen LogP contribution >= 0.6 is 0 Å². The SMILES string of the molecule is Nc1cnccc1-c1ccc(C(=O)N2CCC(N3CCC3)CC2)nc1. The van der Waals surface area contributed by atoms with Crippen molar-refractivity contribution in [2.24, 2.45) is 0 Å². The van der Waals surface area contributed by atoms with Crippen LogP contribution in [0.5, 0.6) is 0 Å². The Morgan fingerprint density at radius 1 is 1.08 bits per heavy atom. The summed E-state index contributed by atoms with van der Waals surface area (Å²) >= 11 is 0. The summed E-state index contributed by atoms with van der Waals surface area (Å²) in [6.45, 7) is 4.08. The van der Waals surface area contributed by atoms with Crippen LogP contribution in [0.1, 0.15) is 29.8 Å². The summed E-state index contributed by atoms with van der Waals surface area (Å²) in [6, 6.07) is 6.20. The second-order valence-electron chi connectivity index (χ2n) is 6.81. The number of pyridine rings is 2. The number of likely N-dealkylation sites (tertiary alicyclic amines) is 2. The van der Waals surface area contributed by atoms with E-state index in [2.05, 4.69) is 14.9 Å². The highest BCUT2D eigenvalue weighted by Crippen LogP contribution is 2.25. The van der Waals surface area contributed by atoms with E-state index in [9.17, 15) is 4.79 Å². The van der Waals surface area contributed by atoms with Gasteiger partial charge in [-0.3, -0.25) is 14.8 Å². The van der Waals surface area contributed by atoms with E-state index < -0.39 is 0 Å². The third-order valence-electron chi connectivity index (χ3n) is 5.30. The molecule has 2 saturated heterocycles. The van der Waals surface area contributed by atoms with Gasteiger partial charge in [0.25, 0.3) is 5.91 Å². The number of anilines is 1. The van der Waals surface area contributed by atoms with Crippen molar-refractivity contribution in [2.45, 2.75) is 25.3 Å². The lowest BCUT2D eigenvalue weighted by Crippen LogP contribution is -2.51. The van der Waals surface area contributed by atoms with Crippen LogP contribution in [0, 0.1) is 0 Å². The monoisotopic (exact) mass is 337 g/mol. The third-order valence-corrected chi connectivity index (χ3v) is 5.30. The van der Waals surface area contributed by atoms with E-state index >= 15 is 0 Å². The van der Waals surface area contributed by atoms with Crippen molar-refractivity contribution in [3.05, 3.63) is 42.5 Å². The minimum atomic E-state index is 0.0244. The molecule has 2 aromatic rings. The maximum Gasteiger partial charge on any atom is 0.272 e. The molecule has 2 aromatic heterocycles. The molecule has 2 fully saturated rings. The summed E-state index contributed by atoms with van der Waals surface area (Å²) in [5.74, 6) is 0.0244. The second kappa shape index (κ2) is 6.80. The number of nitrogens with zero attached hydrogens (tertiary/aromatic N) is 4. The van der Waals surface area contributed by atoms with Crippen LogP contribution < -0.4 is 5.73 Å². The quantitative estimate of drug-likeness (QED) is 0.927. The summed E-state index contributed by atoms with van der Waals surface area (Å²) < 4.78 is 0. The third kappa shape index (κ3) is 3.22. The number of aromatic nitrogens is 2. The van der Waals surface area contributed by atoms with Gasteiger partial charge < -0.3 is 15.5 Å². The van der Waals surface area contributed by atoms with E-state index in [1.165, 1.54) is 19.5 Å². The van der Waals surface area contributed by atoms with Crippen molar-refractivity contribution in [3.8, 4) is 11.1 Å². The number of nitrogen functional groups attached to an aromatic ring is 1. The molecule has 6 nitrogen and oxygen atoms in total. The summed E-state index contributed by atoms with van der Waals surface area (Å²) in [4.78, 5) is 25.5.